The summed E-state index contributed by atoms with van der Waals surface area (Å²) in [6.07, 6.45) is 0. The van der Waals surface area contributed by atoms with Crippen molar-refractivity contribution in [1.82, 2.24) is 5.32 Å². The van der Waals surface area contributed by atoms with Crippen LogP contribution in [0.25, 0.3) is 0 Å². The van der Waals surface area contributed by atoms with Crippen LogP contribution < -0.4 is 10.6 Å². The van der Waals surface area contributed by atoms with E-state index in [0.29, 0.717) is 16.3 Å². The van der Waals surface area contributed by atoms with Gasteiger partial charge in [0.2, 0.25) is 5.91 Å². The third-order valence-corrected chi connectivity index (χ3v) is 3.87. The third kappa shape index (κ3) is 4.65. The topological polar surface area (TPSA) is 58.2 Å². The highest BCUT2D eigenvalue weighted by Crippen LogP contribution is 2.22. The molecule has 4 nitrogen and oxygen atoms in total. The molecule has 2 rings (SSSR count). The summed E-state index contributed by atoms with van der Waals surface area (Å²) in [5.41, 5.74) is 1.96. The Balaban J connectivity index is 1.96. The largest absolute Gasteiger partial charge is 0.324 e. The predicted octanol–water partition coefficient (Wildman–Crippen LogP) is 3.83. The van der Waals surface area contributed by atoms with Gasteiger partial charge in [0.25, 0.3) is 0 Å². The predicted molar refractivity (Wildman–Crippen MR) is 92.9 cm³/mol. The zero-order chi connectivity index (χ0) is 16.8. The Bertz CT molecular complexity index is 716. The fraction of sp³-hybridized carbons (Fsp3) is 0.222. The van der Waals surface area contributed by atoms with E-state index < -0.39 is 0 Å². The number of halogens is 1. The van der Waals surface area contributed by atoms with Crippen molar-refractivity contribution in [1.29, 1.82) is 0 Å². The molecule has 1 atom stereocenters. The van der Waals surface area contributed by atoms with Crippen molar-refractivity contribution in [3.05, 3.63) is 64.7 Å². The molecule has 2 aromatic carbocycles. The van der Waals surface area contributed by atoms with Gasteiger partial charge in [-0.15, -0.1) is 0 Å². The lowest BCUT2D eigenvalue weighted by molar-refractivity contribution is -0.115. The smallest absolute Gasteiger partial charge is 0.238 e. The number of rotatable bonds is 6. The van der Waals surface area contributed by atoms with E-state index in [1.165, 1.54) is 6.92 Å². The zero-order valence-electron chi connectivity index (χ0n) is 13.1. The number of Topliss-reactive ketones (excluding diaryl/α,β-unsaturated/α-hetero) is 1. The molecule has 0 saturated heterocycles. The lowest BCUT2D eigenvalue weighted by atomic mass is 10.1. The summed E-state index contributed by atoms with van der Waals surface area (Å²) in [7, 11) is 0. The van der Waals surface area contributed by atoms with Crippen LogP contribution in [0.15, 0.2) is 48.5 Å². The van der Waals surface area contributed by atoms with Gasteiger partial charge in [-0.3, -0.25) is 9.59 Å². The van der Waals surface area contributed by atoms with Crippen LogP contribution >= 0.6 is 11.6 Å². The van der Waals surface area contributed by atoms with E-state index in [9.17, 15) is 9.59 Å². The maximum atomic E-state index is 12.1. The van der Waals surface area contributed by atoms with Crippen molar-refractivity contribution in [3.8, 4) is 0 Å². The number of ketones is 1. The standard InChI is InChI=1S/C18H19ClN2O2/c1-12(14-7-3-5-9-16(14)19)20-11-18(23)21-17-10-6-4-8-15(17)13(2)22/h3-10,12,20H,11H2,1-2H3,(H,21,23)/t12-/m1/s1. The summed E-state index contributed by atoms with van der Waals surface area (Å²) in [5, 5.41) is 6.55. The summed E-state index contributed by atoms with van der Waals surface area (Å²) in [6, 6.07) is 14.4. The van der Waals surface area contributed by atoms with Gasteiger partial charge in [0.15, 0.2) is 5.78 Å². The Hall–Kier alpha value is -2.17. The highest BCUT2D eigenvalue weighted by Gasteiger charge is 2.12. The molecule has 0 saturated carbocycles. The first-order valence-electron chi connectivity index (χ1n) is 7.36. The van der Waals surface area contributed by atoms with E-state index in [2.05, 4.69) is 10.6 Å². The monoisotopic (exact) mass is 330 g/mol. The van der Waals surface area contributed by atoms with E-state index in [1.54, 1.807) is 24.3 Å². The Morgan fingerprint density at radius 3 is 2.43 bits per heavy atom. The molecule has 0 aliphatic rings. The Morgan fingerprint density at radius 2 is 1.74 bits per heavy atom. The van der Waals surface area contributed by atoms with Gasteiger partial charge >= 0.3 is 0 Å². The van der Waals surface area contributed by atoms with Gasteiger partial charge in [-0.25, -0.2) is 0 Å². The molecule has 120 valence electrons. The molecule has 0 heterocycles. The number of hydrogen-bond acceptors (Lipinski definition) is 3. The molecule has 23 heavy (non-hydrogen) atoms. The number of anilines is 1. The second kappa shape index (κ2) is 7.90. The number of carbonyl (C=O) groups excluding carboxylic acids is 2. The van der Waals surface area contributed by atoms with Gasteiger partial charge in [-0.05, 0) is 37.6 Å². The Morgan fingerprint density at radius 1 is 1.09 bits per heavy atom. The van der Waals surface area contributed by atoms with Crippen molar-refractivity contribution in [2.75, 3.05) is 11.9 Å². The highest BCUT2D eigenvalue weighted by atomic mass is 35.5. The van der Waals surface area contributed by atoms with Crippen LogP contribution in [-0.2, 0) is 4.79 Å². The van der Waals surface area contributed by atoms with Crippen molar-refractivity contribution < 1.29 is 9.59 Å². The van der Waals surface area contributed by atoms with Crippen molar-refractivity contribution in [2.45, 2.75) is 19.9 Å². The number of nitrogens with one attached hydrogen (secondary N) is 2. The minimum absolute atomic E-state index is 0.0579. The molecule has 0 radical (unpaired) electrons. The lowest BCUT2D eigenvalue weighted by Gasteiger charge is -2.16. The average Bonchev–Trinajstić information content (AvgIpc) is 2.53. The van der Waals surface area contributed by atoms with Crippen LogP contribution in [0.5, 0.6) is 0 Å². The van der Waals surface area contributed by atoms with Crippen LogP contribution in [-0.4, -0.2) is 18.2 Å². The summed E-state index contributed by atoms with van der Waals surface area (Å²) >= 11 is 6.14. The van der Waals surface area contributed by atoms with Gasteiger partial charge < -0.3 is 10.6 Å². The highest BCUT2D eigenvalue weighted by molar-refractivity contribution is 6.31. The molecule has 0 aliphatic heterocycles. The minimum atomic E-state index is -0.211. The Labute approximate surface area is 140 Å². The maximum absolute atomic E-state index is 12.1. The van der Waals surface area contributed by atoms with Crippen LogP contribution in [0.2, 0.25) is 5.02 Å². The zero-order valence-corrected chi connectivity index (χ0v) is 13.9. The van der Waals surface area contributed by atoms with Crippen LogP contribution in [0.4, 0.5) is 5.69 Å². The maximum Gasteiger partial charge on any atom is 0.238 e. The molecule has 0 aromatic heterocycles. The average molecular weight is 331 g/mol. The van der Waals surface area contributed by atoms with E-state index in [-0.39, 0.29) is 24.3 Å². The molecule has 0 fully saturated rings. The van der Waals surface area contributed by atoms with E-state index in [4.69, 9.17) is 11.6 Å². The lowest BCUT2D eigenvalue weighted by Crippen LogP contribution is -2.30. The molecule has 0 aliphatic carbocycles. The van der Waals surface area contributed by atoms with E-state index in [0.717, 1.165) is 5.56 Å². The van der Waals surface area contributed by atoms with Crippen LogP contribution in [0.3, 0.4) is 0 Å². The van der Waals surface area contributed by atoms with Gasteiger partial charge in [-0.1, -0.05) is 41.9 Å². The van der Waals surface area contributed by atoms with Gasteiger partial charge in [0.05, 0.1) is 12.2 Å². The van der Waals surface area contributed by atoms with Crippen LogP contribution in [0.1, 0.15) is 35.8 Å². The second-order valence-electron chi connectivity index (χ2n) is 5.27. The molecular weight excluding hydrogens is 312 g/mol. The van der Waals surface area contributed by atoms with E-state index >= 15 is 0 Å². The van der Waals surface area contributed by atoms with Crippen molar-refractivity contribution in [2.24, 2.45) is 0 Å². The molecular formula is C18H19ClN2O2. The molecule has 5 heteroatoms. The summed E-state index contributed by atoms with van der Waals surface area (Å²) in [6.45, 7) is 3.54. The van der Waals surface area contributed by atoms with Gasteiger partial charge in [-0.2, -0.15) is 0 Å². The van der Waals surface area contributed by atoms with Gasteiger partial charge in [0.1, 0.15) is 0 Å². The number of hydrogen-bond donors (Lipinski definition) is 2. The second-order valence-corrected chi connectivity index (χ2v) is 5.68. The normalized spacial score (nSPS) is 11.8. The quantitative estimate of drug-likeness (QED) is 0.791. The van der Waals surface area contributed by atoms with Crippen molar-refractivity contribution >= 4 is 29.0 Å². The summed E-state index contributed by atoms with van der Waals surface area (Å²) in [4.78, 5) is 23.6. The van der Waals surface area contributed by atoms with Crippen molar-refractivity contribution in [3.63, 3.8) is 0 Å². The third-order valence-electron chi connectivity index (χ3n) is 3.52. The molecule has 2 N–H and O–H groups in total. The fourth-order valence-electron chi connectivity index (χ4n) is 2.28. The molecule has 0 bridgehead atoms. The first-order valence-corrected chi connectivity index (χ1v) is 7.74. The molecule has 0 unspecified atom stereocenters. The SMILES string of the molecule is CC(=O)c1ccccc1NC(=O)CN[C@H](C)c1ccccc1Cl. The minimum Gasteiger partial charge on any atom is -0.324 e. The Kier molecular flexibility index (Phi) is 5.90. The first-order chi connectivity index (χ1) is 11.0. The molecule has 1 amide bonds. The number of benzene rings is 2. The number of amides is 1. The number of para-hydroxylation sites is 1. The van der Waals surface area contributed by atoms with E-state index in [1.807, 2.05) is 31.2 Å². The first kappa shape index (κ1) is 17.2. The molecule has 2 aromatic rings. The van der Waals surface area contributed by atoms with Crippen LogP contribution in [0, 0.1) is 0 Å². The number of carbonyl (C=O) groups is 2. The summed E-state index contributed by atoms with van der Waals surface area (Å²) < 4.78 is 0. The van der Waals surface area contributed by atoms with Gasteiger partial charge in [0, 0.05) is 16.6 Å². The fourth-order valence-corrected chi connectivity index (χ4v) is 2.57. The summed E-state index contributed by atoms with van der Waals surface area (Å²) in [5.74, 6) is -0.295. The molecule has 0 spiro atoms.